The molecule has 0 fully saturated rings. The Bertz CT molecular complexity index is 957. The first-order valence-corrected chi connectivity index (χ1v) is 7.96. The van der Waals surface area contributed by atoms with Gasteiger partial charge in [-0.15, -0.1) is 22.7 Å². The molecule has 0 amide bonds. The maximum atomic E-state index is 12.4. The molecular formula is C15H8N2O2S2. The van der Waals surface area contributed by atoms with Crippen LogP contribution in [0, 0.1) is 0 Å². The van der Waals surface area contributed by atoms with Gasteiger partial charge in [-0.05, 0) is 6.07 Å². The van der Waals surface area contributed by atoms with Crippen LogP contribution in [0.2, 0.25) is 0 Å². The molecule has 0 aliphatic rings. The summed E-state index contributed by atoms with van der Waals surface area (Å²) in [6, 6.07) is 7.50. The third kappa shape index (κ3) is 2.00. The second-order valence-corrected chi connectivity index (χ2v) is 6.10. The lowest BCUT2D eigenvalue weighted by molar-refractivity contribution is 0.564. The van der Waals surface area contributed by atoms with Gasteiger partial charge in [-0.3, -0.25) is 0 Å². The van der Waals surface area contributed by atoms with Crippen LogP contribution in [-0.2, 0) is 0 Å². The van der Waals surface area contributed by atoms with Crippen LogP contribution in [0.15, 0.2) is 56.6 Å². The van der Waals surface area contributed by atoms with E-state index in [1.54, 1.807) is 18.5 Å². The minimum absolute atomic E-state index is 0.381. The Hall–Kier alpha value is -2.31. The van der Waals surface area contributed by atoms with Gasteiger partial charge in [-0.25, -0.2) is 14.8 Å². The SMILES string of the molecule is O=c1oc2ccccc2c(-c2nccs2)c1-c1nccs1. The van der Waals surface area contributed by atoms with E-state index in [1.807, 2.05) is 29.0 Å². The predicted molar refractivity (Wildman–Crippen MR) is 84.7 cm³/mol. The maximum Gasteiger partial charge on any atom is 0.347 e. The molecule has 0 aliphatic heterocycles. The van der Waals surface area contributed by atoms with Gasteiger partial charge in [0.2, 0.25) is 0 Å². The molecule has 3 aromatic heterocycles. The molecule has 0 aliphatic carbocycles. The van der Waals surface area contributed by atoms with Crippen molar-refractivity contribution in [1.82, 2.24) is 9.97 Å². The summed E-state index contributed by atoms with van der Waals surface area (Å²) < 4.78 is 5.44. The molecule has 0 saturated carbocycles. The largest absolute Gasteiger partial charge is 0.422 e. The monoisotopic (exact) mass is 312 g/mol. The molecule has 0 saturated heterocycles. The van der Waals surface area contributed by atoms with Crippen molar-refractivity contribution in [1.29, 1.82) is 0 Å². The number of hydrogen-bond donors (Lipinski definition) is 0. The van der Waals surface area contributed by atoms with Gasteiger partial charge in [0.15, 0.2) is 0 Å². The zero-order valence-electron chi connectivity index (χ0n) is 10.6. The highest BCUT2D eigenvalue weighted by molar-refractivity contribution is 7.14. The first-order chi connectivity index (χ1) is 10.3. The second kappa shape index (κ2) is 4.91. The van der Waals surface area contributed by atoms with Crippen molar-refractivity contribution in [2.24, 2.45) is 0 Å². The Morgan fingerprint density at radius 2 is 1.57 bits per heavy atom. The van der Waals surface area contributed by atoms with Gasteiger partial charge in [0.25, 0.3) is 0 Å². The number of thiazole rings is 2. The minimum Gasteiger partial charge on any atom is -0.422 e. The molecule has 0 atom stereocenters. The van der Waals surface area contributed by atoms with Gasteiger partial charge in [0, 0.05) is 34.1 Å². The summed E-state index contributed by atoms with van der Waals surface area (Å²) in [7, 11) is 0. The van der Waals surface area contributed by atoms with Crippen LogP contribution in [0.4, 0.5) is 0 Å². The third-order valence-electron chi connectivity index (χ3n) is 3.11. The maximum absolute atomic E-state index is 12.4. The first kappa shape index (κ1) is 12.4. The molecule has 4 aromatic rings. The fraction of sp³-hybridized carbons (Fsp3) is 0. The molecule has 0 bridgehead atoms. The number of nitrogens with zero attached hydrogens (tertiary/aromatic N) is 2. The Balaban J connectivity index is 2.20. The molecule has 4 rings (SSSR count). The second-order valence-electron chi connectivity index (χ2n) is 4.31. The van der Waals surface area contributed by atoms with Crippen LogP contribution in [-0.4, -0.2) is 9.97 Å². The summed E-state index contributed by atoms with van der Waals surface area (Å²) in [4.78, 5) is 21.0. The number of para-hydroxylation sites is 1. The summed E-state index contributed by atoms with van der Waals surface area (Å²) in [5.41, 5.74) is 1.47. The van der Waals surface area contributed by atoms with Gasteiger partial charge < -0.3 is 4.42 Å². The van der Waals surface area contributed by atoms with Crippen molar-refractivity contribution < 1.29 is 4.42 Å². The zero-order valence-corrected chi connectivity index (χ0v) is 12.3. The van der Waals surface area contributed by atoms with E-state index in [1.165, 1.54) is 22.7 Å². The minimum atomic E-state index is -0.381. The molecular weight excluding hydrogens is 304 g/mol. The summed E-state index contributed by atoms with van der Waals surface area (Å²) in [5.74, 6) is 0. The highest BCUT2D eigenvalue weighted by atomic mass is 32.1. The highest BCUT2D eigenvalue weighted by Crippen LogP contribution is 2.37. The molecule has 21 heavy (non-hydrogen) atoms. The van der Waals surface area contributed by atoms with E-state index in [4.69, 9.17) is 4.42 Å². The first-order valence-electron chi connectivity index (χ1n) is 6.20. The number of aromatic nitrogens is 2. The summed E-state index contributed by atoms with van der Waals surface area (Å²) in [5, 5.41) is 6.06. The lowest BCUT2D eigenvalue weighted by Crippen LogP contribution is -2.05. The lowest BCUT2D eigenvalue weighted by atomic mass is 10.1. The number of benzene rings is 1. The summed E-state index contributed by atoms with van der Waals surface area (Å²) >= 11 is 2.91. The standard InChI is InChI=1S/C15H8N2O2S2/c18-15-12(14-17-6-8-21-14)11(13-16-5-7-20-13)9-3-1-2-4-10(9)19-15/h1-8H. The van der Waals surface area contributed by atoms with Gasteiger partial charge in [-0.2, -0.15) is 0 Å². The lowest BCUT2D eigenvalue weighted by Gasteiger charge is -2.07. The molecule has 0 N–H and O–H groups in total. The fourth-order valence-electron chi connectivity index (χ4n) is 2.26. The normalized spacial score (nSPS) is 11.0. The molecule has 3 heterocycles. The van der Waals surface area contributed by atoms with Crippen LogP contribution in [0.5, 0.6) is 0 Å². The van der Waals surface area contributed by atoms with Crippen molar-refractivity contribution in [2.45, 2.75) is 0 Å². The van der Waals surface area contributed by atoms with E-state index in [-0.39, 0.29) is 5.63 Å². The zero-order chi connectivity index (χ0) is 14.2. The van der Waals surface area contributed by atoms with Crippen LogP contribution >= 0.6 is 22.7 Å². The smallest absolute Gasteiger partial charge is 0.347 e. The van der Waals surface area contributed by atoms with Crippen LogP contribution in [0.1, 0.15) is 0 Å². The molecule has 1 aromatic carbocycles. The van der Waals surface area contributed by atoms with Crippen LogP contribution in [0.25, 0.3) is 32.1 Å². The van der Waals surface area contributed by atoms with E-state index in [0.717, 1.165) is 16.0 Å². The van der Waals surface area contributed by atoms with E-state index < -0.39 is 0 Å². The summed E-state index contributed by atoms with van der Waals surface area (Å²) in [6.45, 7) is 0. The van der Waals surface area contributed by atoms with E-state index >= 15 is 0 Å². The third-order valence-corrected chi connectivity index (χ3v) is 4.69. The number of fused-ring (bicyclic) bond motifs is 1. The average molecular weight is 312 g/mol. The molecule has 102 valence electrons. The van der Waals surface area contributed by atoms with Gasteiger partial charge in [0.1, 0.15) is 21.2 Å². The van der Waals surface area contributed by atoms with Crippen molar-refractivity contribution in [3.05, 3.63) is 57.8 Å². The predicted octanol–water partition coefficient (Wildman–Crippen LogP) is 4.04. The van der Waals surface area contributed by atoms with Crippen molar-refractivity contribution in [3.8, 4) is 21.1 Å². The van der Waals surface area contributed by atoms with Crippen molar-refractivity contribution in [3.63, 3.8) is 0 Å². The van der Waals surface area contributed by atoms with E-state index in [2.05, 4.69) is 9.97 Å². The highest BCUT2D eigenvalue weighted by Gasteiger charge is 2.20. The molecule has 0 radical (unpaired) electrons. The fourth-order valence-corrected chi connectivity index (χ4v) is 3.64. The Morgan fingerprint density at radius 3 is 2.24 bits per heavy atom. The average Bonchev–Trinajstić information content (AvgIpc) is 3.19. The van der Waals surface area contributed by atoms with E-state index in [9.17, 15) is 4.79 Å². The Morgan fingerprint density at radius 1 is 0.905 bits per heavy atom. The number of hydrogen-bond acceptors (Lipinski definition) is 6. The van der Waals surface area contributed by atoms with Crippen LogP contribution < -0.4 is 5.63 Å². The van der Waals surface area contributed by atoms with Gasteiger partial charge >= 0.3 is 5.63 Å². The molecule has 0 spiro atoms. The number of rotatable bonds is 2. The summed E-state index contributed by atoms with van der Waals surface area (Å²) in [6.07, 6.45) is 3.41. The molecule has 6 heteroatoms. The van der Waals surface area contributed by atoms with Crippen molar-refractivity contribution >= 4 is 33.6 Å². The van der Waals surface area contributed by atoms with Crippen LogP contribution in [0.3, 0.4) is 0 Å². The van der Waals surface area contributed by atoms with Crippen molar-refractivity contribution in [2.75, 3.05) is 0 Å². The molecule has 0 unspecified atom stereocenters. The van der Waals surface area contributed by atoms with Gasteiger partial charge in [-0.1, -0.05) is 18.2 Å². The molecule has 4 nitrogen and oxygen atoms in total. The Labute approximate surface area is 127 Å². The Kier molecular flexibility index (Phi) is 2.90. The topological polar surface area (TPSA) is 56.0 Å². The van der Waals surface area contributed by atoms with Gasteiger partial charge in [0.05, 0.1) is 0 Å². The quantitative estimate of drug-likeness (QED) is 0.524. The van der Waals surface area contributed by atoms with E-state index in [0.29, 0.717) is 16.2 Å².